The summed E-state index contributed by atoms with van der Waals surface area (Å²) in [7, 11) is -1.34. The lowest BCUT2D eigenvalue weighted by atomic mass is 10.0. The van der Waals surface area contributed by atoms with Gasteiger partial charge in [0.2, 0.25) is 0 Å². The van der Waals surface area contributed by atoms with E-state index in [0.29, 0.717) is 29.8 Å². The van der Waals surface area contributed by atoms with Gasteiger partial charge >= 0.3 is 5.97 Å². The molecule has 4 rings (SSSR count). The summed E-state index contributed by atoms with van der Waals surface area (Å²) in [5, 5.41) is 2.72. The third-order valence-corrected chi connectivity index (χ3v) is 6.83. The summed E-state index contributed by atoms with van der Waals surface area (Å²) >= 11 is 0. The van der Waals surface area contributed by atoms with E-state index in [1.54, 1.807) is 36.4 Å². The largest absolute Gasteiger partial charge is 0.495 e. The van der Waals surface area contributed by atoms with E-state index in [0.717, 1.165) is 11.1 Å². The number of pyridine rings is 1. The second-order valence-corrected chi connectivity index (χ2v) is 9.30. The molecule has 0 unspecified atom stereocenters. The molecule has 1 aliphatic rings. The number of carbonyl (C=O) groups excluding carboxylic acids is 2. The van der Waals surface area contributed by atoms with Crippen LogP contribution >= 0.6 is 0 Å². The maximum atomic E-state index is 13.3. The number of benzene rings is 2. The molecule has 176 valence electrons. The fourth-order valence-corrected chi connectivity index (χ4v) is 4.89. The average molecular weight is 482 g/mol. The van der Waals surface area contributed by atoms with E-state index in [-0.39, 0.29) is 34.6 Å². The second-order valence-electron chi connectivity index (χ2n) is 7.65. The van der Waals surface area contributed by atoms with Crippen LogP contribution < -0.4 is 14.8 Å². The highest BCUT2D eigenvalue weighted by molar-refractivity contribution is 7.92. The van der Waals surface area contributed by atoms with E-state index in [4.69, 9.17) is 4.74 Å². The molecule has 2 N–H and O–H groups in total. The van der Waals surface area contributed by atoms with Gasteiger partial charge in [-0.15, -0.1) is 0 Å². The standard InChI is InChI=1S/C24H23N3O6S/c1-32-21-8-7-17(16-5-3-15(4-6-16)11-23(28)33-2)12-22(21)34(30,31)27-18-13-19-20(26-14-18)9-10-25-24(19)29/h3-8,12-14,27H,9-11H2,1-2H3,(H,25,29). The normalized spacial score (nSPS) is 12.9. The number of sulfonamides is 1. The number of methoxy groups -OCH3 is 2. The minimum absolute atomic E-state index is 0.0618. The number of esters is 1. The molecule has 3 aromatic rings. The predicted octanol–water partition coefficient (Wildman–Crippen LogP) is 2.56. The zero-order valence-corrected chi connectivity index (χ0v) is 19.4. The molecule has 1 amide bonds. The van der Waals surface area contributed by atoms with Crippen LogP contribution in [0, 0.1) is 0 Å². The van der Waals surface area contributed by atoms with Crippen LogP contribution in [0.25, 0.3) is 11.1 Å². The molecule has 0 radical (unpaired) electrons. The molecule has 0 aliphatic carbocycles. The quantitative estimate of drug-likeness (QED) is 0.497. The lowest BCUT2D eigenvalue weighted by Gasteiger charge is -2.17. The number of nitrogens with zero attached hydrogens (tertiary/aromatic N) is 1. The van der Waals surface area contributed by atoms with Gasteiger partial charge in [0.25, 0.3) is 15.9 Å². The van der Waals surface area contributed by atoms with Gasteiger partial charge < -0.3 is 14.8 Å². The first-order valence-electron chi connectivity index (χ1n) is 10.4. The number of hydrogen-bond donors (Lipinski definition) is 2. The van der Waals surface area contributed by atoms with E-state index >= 15 is 0 Å². The molecule has 1 aliphatic heterocycles. The van der Waals surface area contributed by atoms with Crippen molar-refractivity contribution >= 4 is 27.6 Å². The Labute approximate surface area is 197 Å². The van der Waals surface area contributed by atoms with Crippen molar-refractivity contribution in [1.82, 2.24) is 10.3 Å². The molecule has 34 heavy (non-hydrogen) atoms. The molecule has 2 heterocycles. The van der Waals surface area contributed by atoms with E-state index in [2.05, 4.69) is 19.8 Å². The minimum Gasteiger partial charge on any atom is -0.495 e. The molecule has 0 bridgehead atoms. The number of aromatic nitrogens is 1. The predicted molar refractivity (Wildman–Crippen MR) is 125 cm³/mol. The molecule has 1 aromatic heterocycles. The highest BCUT2D eigenvalue weighted by atomic mass is 32.2. The number of hydrogen-bond acceptors (Lipinski definition) is 7. The minimum atomic E-state index is -4.07. The fraction of sp³-hybridized carbons (Fsp3) is 0.208. The van der Waals surface area contributed by atoms with Crippen LogP contribution in [0.5, 0.6) is 5.75 Å². The van der Waals surface area contributed by atoms with Gasteiger partial charge in [0, 0.05) is 13.0 Å². The second kappa shape index (κ2) is 9.52. The van der Waals surface area contributed by atoms with Gasteiger partial charge in [-0.25, -0.2) is 8.42 Å². The van der Waals surface area contributed by atoms with Gasteiger partial charge in [-0.1, -0.05) is 30.3 Å². The van der Waals surface area contributed by atoms with Crippen LogP contribution in [0.1, 0.15) is 21.6 Å². The number of carbonyl (C=O) groups is 2. The van der Waals surface area contributed by atoms with E-state index in [1.165, 1.54) is 32.5 Å². The fourth-order valence-electron chi connectivity index (χ4n) is 3.66. The Morgan fingerprint density at radius 1 is 1.09 bits per heavy atom. The van der Waals surface area contributed by atoms with Gasteiger partial charge in [-0.05, 0) is 34.9 Å². The molecular weight excluding hydrogens is 458 g/mol. The Bertz CT molecular complexity index is 1350. The summed E-state index contributed by atoms with van der Waals surface area (Å²) in [5.41, 5.74) is 3.34. The van der Waals surface area contributed by atoms with Crippen molar-refractivity contribution in [1.29, 1.82) is 0 Å². The van der Waals surface area contributed by atoms with Gasteiger partial charge in [0.1, 0.15) is 10.6 Å². The monoisotopic (exact) mass is 481 g/mol. The SMILES string of the molecule is COC(=O)Cc1ccc(-c2ccc(OC)c(S(=O)(=O)Nc3cnc4c(c3)C(=O)NCC4)c2)cc1. The van der Waals surface area contributed by atoms with Crippen molar-refractivity contribution in [2.45, 2.75) is 17.7 Å². The first-order chi connectivity index (χ1) is 16.3. The number of ether oxygens (including phenoxy) is 2. The molecule has 2 aromatic carbocycles. The van der Waals surface area contributed by atoms with Crippen molar-refractivity contribution in [2.24, 2.45) is 0 Å². The first kappa shape index (κ1) is 23.2. The molecular formula is C24H23N3O6S. The summed E-state index contributed by atoms with van der Waals surface area (Å²) in [6.07, 6.45) is 2.13. The van der Waals surface area contributed by atoms with E-state index < -0.39 is 10.0 Å². The summed E-state index contributed by atoms with van der Waals surface area (Å²) in [5.74, 6) is -0.460. The molecule has 0 saturated carbocycles. The molecule has 0 atom stereocenters. The van der Waals surface area contributed by atoms with Gasteiger partial charge in [-0.2, -0.15) is 0 Å². The summed E-state index contributed by atoms with van der Waals surface area (Å²) in [4.78, 5) is 27.8. The first-order valence-corrected chi connectivity index (χ1v) is 11.9. The van der Waals surface area contributed by atoms with Crippen LogP contribution in [0.15, 0.2) is 59.6 Å². The maximum Gasteiger partial charge on any atom is 0.309 e. The molecule has 0 spiro atoms. The van der Waals surface area contributed by atoms with Crippen molar-refractivity contribution in [3.8, 4) is 16.9 Å². The summed E-state index contributed by atoms with van der Waals surface area (Å²) in [6.45, 7) is 0.498. The van der Waals surface area contributed by atoms with Crippen LogP contribution in [-0.2, 0) is 32.4 Å². The lowest BCUT2D eigenvalue weighted by molar-refractivity contribution is -0.139. The third kappa shape index (κ3) is 4.86. The molecule has 0 saturated heterocycles. The van der Waals surface area contributed by atoms with Crippen LogP contribution in [0.4, 0.5) is 5.69 Å². The Hall–Kier alpha value is -3.92. The lowest BCUT2D eigenvalue weighted by Crippen LogP contribution is -2.32. The van der Waals surface area contributed by atoms with E-state index in [1.807, 2.05) is 0 Å². The van der Waals surface area contributed by atoms with Gasteiger partial charge in [0.05, 0.1) is 43.8 Å². The number of rotatable bonds is 7. The van der Waals surface area contributed by atoms with Crippen molar-refractivity contribution in [3.05, 3.63) is 71.5 Å². The Balaban J connectivity index is 1.64. The zero-order valence-electron chi connectivity index (χ0n) is 18.6. The van der Waals surface area contributed by atoms with Crippen molar-refractivity contribution in [2.75, 3.05) is 25.5 Å². The molecule has 10 heteroatoms. The Morgan fingerprint density at radius 2 is 1.82 bits per heavy atom. The Morgan fingerprint density at radius 3 is 2.53 bits per heavy atom. The van der Waals surface area contributed by atoms with E-state index in [9.17, 15) is 18.0 Å². The third-order valence-electron chi connectivity index (χ3n) is 5.43. The number of fused-ring (bicyclic) bond motifs is 1. The highest BCUT2D eigenvalue weighted by Gasteiger charge is 2.23. The average Bonchev–Trinajstić information content (AvgIpc) is 2.84. The van der Waals surface area contributed by atoms with Gasteiger partial charge in [0.15, 0.2) is 0 Å². The zero-order chi connectivity index (χ0) is 24.3. The molecule has 0 fully saturated rings. The number of anilines is 1. The summed E-state index contributed by atoms with van der Waals surface area (Å²) < 4.78 is 39.0. The Kier molecular flexibility index (Phi) is 6.51. The van der Waals surface area contributed by atoms with Crippen molar-refractivity contribution in [3.63, 3.8) is 0 Å². The molecule has 9 nitrogen and oxygen atoms in total. The topological polar surface area (TPSA) is 124 Å². The van der Waals surface area contributed by atoms with Crippen LogP contribution in [0.3, 0.4) is 0 Å². The highest BCUT2D eigenvalue weighted by Crippen LogP contribution is 2.31. The van der Waals surface area contributed by atoms with Crippen molar-refractivity contribution < 1.29 is 27.5 Å². The van der Waals surface area contributed by atoms with Crippen LogP contribution in [0.2, 0.25) is 0 Å². The van der Waals surface area contributed by atoms with Gasteiger partial charge in [-0.3, -0.25) is 19.3 Å². The smallest absolute Gasteiger partial charge is 0.309 e. The summed E-state index contributed by atoms with van der Waals surface area (Å²) in [6, 6.07) is 13.5. The maximum absolute atomic E-state index is 13.3. The number of nitrogens with one attached hydrogen (secondary N) is 2. The number of amides is 1. The van der Waals surface area contributed by atoms with Crippen LogP contribution in [-0.4, -0.2) is 46.0 Å².